The molecule has 1 N–H and O–H groups in total. The molecule has 0 aromatic heterocycles. The summed E-state index contributed by atoms with van der Waals surface area (Å²) in [6.45, 7) is 9.53. The Hall–Kier alpha value is 0.400. The lowest BCUT2D eigenvalue weighted by Gasteiger charge is -2.14. The van der Waals surface area contributed by atoms with Gasteiger partial charge in [0.1, 0.15) is 0 Å². The van der Waals surface area contributed by atoms with Crippen molar-refractivity contribution in [3.8, 4) is 0 Å². The first-order chi connectivity index (χ1) is 6.62. The second-order valence-electron chi connectivity index (χ2n) is 2.41. The standard InChI is InChI=1S/C6H14ClN.C2H7O3P/c1-3-8(4-2)6-5-7;1-2-5-6(3)4/h3-6H2,1-2H3;6H,2H2,1H3,(H,3,4). The first-order valence-corrected chi connectivity index (χ1v) is 6.56. The number of halogens is 1. The molecule has 0 bridgehead atoms. The summed E-state index contributed by atoms with van der Waals surface area (Å²) >= 11 is 5.51. The van der Waals surface area contributed by atoms with E-state index >= 15 is 0 Å². The number of rotatable bonds is 6. The molecule has 0 aliphatic rings. The minimum Gasteiger partial charge on any atom is -0.326 e. The van der Waals surface area contributed by atoms with Crippen LogP contribution in [-0.4, -0.2) is 41.9 Å². The molecule has 0 fully saturated rings. The van der Waals surface area contributed by atoms with E-state index in [0.29, 0.717) is 6.61 Å². The Balaban J connectivity index is 0. The molecule has 0 aromatic rings. The molecular weight excluding hydrogens is 225 g/mol. The molecule has 0 rings (SSSR count). The van der Waals surface area contributed by atoms with Gasteiger partial charge in [0.2, 0.25) is 0 Å². The van der Waals surface area contributed by atoms with Crippen LogP contribution in [0.25, 0.3) is 0 Å². The summed E-state index contributed by atoms with van der Waals surface area (Å²) in [6.07, 6.45) is 0. The third kappa shape index (κ3) is 14.9. The third-order valence-electron chi connectivity index (χ3n) is 1.56. The molecule has 1 unspecified atom stereocenters. The molecule has 0 saturated carbocycles. The highest BCUT2D eigenvalue weighted by molar-refractivity contribution is 7.32. The molecule has 0 aromatic carbocycles. The van der Waals surface area contributed by atoms with Crippen LogP contribution in [0.4, 0.5) is 0 Å². The summed E-state index contributed by atoms with van der Waals surface area (Å²) in [5.41, 5.74) is 0. The minimum absolute atomic E-state index is 0.314. The van der Waals surface area contributed by atoms with Crippen molar-refractivity contribution < 1.29 is 14.0 Å². The molecule has 88 valence electrons. The molecule has 0 aliphatic carbocycles. The van der Waals surface area contributed by atoms with Crippen molar-refractivity contribution >= 4 is 19.9 Å². The van der Waals surface area contributed by atoms with E-state index in [-0.39, 0.29) is 0 Å². The molecule has 1 atom stereocenters. The molecular formula is C8H21ClNO3P. The number of alkyl halides is 1. The fourth-order valence-electron chi connectivity index (χ4n) is 0.783. The zero-order valence-electron chi connectivity index (χ0n) is 9.12. The van der Waals surface area contributed by atoms with Crippen molar-refractivity contribution in [1.29, 1.82) is 0 Å². The SMILES string of the molecule is CCN(CC)CCCl.CCO[PH](=O)O. The van der Waals surface area contributed by atoms with Crippen LogP contribution in [0, 0.1) is 0 Å². The van der Waals surface area contributed by atoms with Crippen molar-refractivity contribution in [2.45, 2.75) is 20.8 Å². The van der Waals surface area contributed by atoms with E-state index in [9.17, 15) is 4.57 Å². The van der Waals surface area contributed by atoms with Crippen LogP contribution >= 0.6 is 19.9 Å². The second-order valence-corrected chi connectivity index (χ2v) is 3.61. The van der Waals surface area contributed by atoms with Gasteiger partial charge in [0.25, 0.3) is 0 Å². The van der Waals surface area contributed by atoms with Gasteiger partial charge in [-0.25, -0.2) is 0 Å². The predicted octanol–water partition coefficient (Wildman–Crippen LogP) is 1.97. The van der Waals surface area contributed by atoms with E-state index in [2.05, 4.69) is 23.3 Å². The number of nitrogens with zero attached hydrogens (tertiary/aromatic N) is 1. The van der Waals surface area contributed by atoms with Crippen LogP contribution < -0.4 is 0 Å². The molecule has 14 heavy (non-hydrogen) atoms. The average Bonchev–Trinajstić information content (AvgIpc) is 2.15. The lowest BCUT2D eigenvalue weighted by Crippen LogP contribution is -2.24. The maximum atomic E-state index is 9.56. The van der Waals surface area contributed by atoms with E-state index in [1.54, 1.807) is 6.92 Å². The summed E-state index contributed by atoms with van der Waals surface area (Å²) < 4.78 is 13.7. The monoisotopic (exact) mass is 245 g/mol. The van der Waals surface area contributed by atoms with E-state index in [1.807, 2.05) is 0 Å². The van der Waals surface area contributed by atoms with Gasteiger partial charge in [-0.05, 0) is 20.0 Å². The Morgan fingerprint density at radius 3 is 1.93 bits per heavy atom. The van der Waals surface area contributed by atoms with E-state index < -0.39 is 8.25 Å². The molecule has 0 amide bonds. The largest absolute Gasteiger partial charge is 0.326 e. The van der Waals surface area contributed by atoms with Crippen LogP contribution in [-0.2, 0) is 9.09 Å². The lowest BCUT2D eigenvalue weighted by atomic mass is 10.5. The Morgan fingerprint density at radius 2 is 1.86 bits per heavy atom. The summed E-state index contributed by atoms with van der Waals surface area (Å²) in [6, 6.07) is 0. The molecule has 0 heterocycles. The van der Waals surface area contributed by atoms with Gasteiger partial charge in [0, 0.05) is 12.4 Å². The van der Waals surface area contributed by atoms with Crippen molar-refractivity contribution in [2.24, 2.45) is 0 Å². The van der Waals surface area contributed by atoms with Gasteiger partial charge < -0.3 is 14.3 Å². The lowest BCUT2D eigenvalue weighted by molar-refractivity contribution is 0.297. The zero-order chi connectivity index (χ0) is 11.4. The quantitative estimate of drug-likeness (QED) is 0.574. The molecule has 0 aliphatic heterocycles. The van der Waals surface area contributed by atoms with Crippen LogP contribution in [0.1, 0.15) is 20.8 Å². The van der Waals surface area contributed by atoms with Gasteiger partial charge >= 0.3 is 8.25 Å². The Bertz CT molecular complexity index is 134. The molecule has 0 spiro atoms. The average molecular weight is 246 g/mol. The Labute approximate surface area is 92.1 Å². The molecule has 6 heteroatoms. The van der Waals surface area contributed by atoms with E-state index in [1.165, 1.54) is 0 Å². The van der Waals surface area contributed by atoms with E-state index in [4.69, 9.17) is 16.5 Å². The van der Waals surface area contributed by atoms with Crippen LogP contribution in [0.3, 0.4) is 0 Å². The topological polar surface area (TPSA) is 49.8 Å². The van der Waals surface area contributed by atoms with Crippen molar-refractivity contribution in [1.82, 2.24) is 4.90 Å². The summed E-state index contributed by atoms with van der Waals surface area (Å²) in [5, 5.41) is 0. The van der Waals surface area contributed by atoms with Crippen molar-refractivity contribution in [3.05, 3.63) is 0 Å². The smallest absolute Gasteiger partial charge is 0.316 e. The van der Waals surface area contributed by atoms with Crippen LogP contribution in [0.5, 0.6) is 0 Å². The van der Waals surface area contributed by atoms with Gasteiger partial charge in [0.05, 0.1) is 6.61 Å². The van der Waals surface area contributed by atoms with Gasteiger partial charge in [-0.15, -0.1) is 11.6 Å². The van der Waals surface area contributed by atoms with Crippen LogP contribution in [0.2, 0.25) is 0 Å². The van der Waals surface area contributed by atoms with Gasteiger partial charge in [-0.1, -0.05) is 13.8 Å². The predicted molar refractivity (Wildman–Crippen MR) is 61.4 cm³/mol. The van der Waals surface area contributed by atoms with Gasteiger partial charge in [-0.3, -0.25) is 4.57 Å². The molecule has 4 nitrogen and oxygen atoms in total. The molecule has 0 radical (unpaired) electrons. The van der Waals surface area contributed by atoms with Gasteiger partial charge in [0.15, 0.2) is 0 Å². The summed E-state index contributed by atoms with van der Waals surface area (Å²) in [7, 11) is -2.64. The number of hydrogen-bond acceptors (Lipinski definition) is 3. The maximum Gasteiger partial charge on any atom is 0.316 e. The van der Waals surface area contributed by atoms with Crippen molar-refractivity contribution in [3.63, 3.8) is 0 Å². The van der Waals surface area contributed by atoms with E-state index in [0.717, 1.165) is 25.5 Å². The van der Waals surface area contributed by atoms with Gasteiger partial charge in [-0.2, -0.15) is 0 Å². The highest BCUT2D eigenvalue weighted by atomic mass is 35.5. The first kappa shape index (κ1) is 16.8. The highest BCUT2D eigenvalue weighted by Gasteiger charge is 1.93. The highest BCUT2D eigenvalue weighted by Crippen LogP contribution is 2.12. The fraction of sp³-hybridized carbons (Fsp3) is 1.00. The third-order valence-corrected chi connectivity index (χ3v) is 2.27. The van der Waals surface area contributed by atoms with Crippen molar-refractivity contribution in [2.75, 3.05) is 32.1 Å². The maximum absolute atomic E-state index is 9.56. The normalized spacial score (nSPS) is 12.1. The first-order valence-electron chi connectivity index (χ1n) is 4.76. The summed E-state index contributed by atoms with van der Waals surface area (Å²) in [4.78, 5) is 10.2. The summed E-state index contributed by atoms with van der Waals surface area (Å²) in [5.74, 6) is 0.752. The minimum atomic E-state index is -2.64. The Kier molecular flexibility index (Phi) is 16.1. The second kappa shape index (κ2) is 13.4. The molecule has 0 saturated heterocycles. The number of hydrogen-bond donors (Lipinski definition) is 1. The Morgan fingerprint density at radius 1 is 1.36 bits per heavy atom. The fourth-order valence-corrected chi connectivity index (χ4v) is 1.27. The zero-order valence-corrected chi connectivity index (χ0v) is 10.9. The van der Waals surface area contributed by atoms with Crippen LogP contribution in [0.15, 0.2) is 0 Å².